The summed E-state index contributed by atoms with van der Waals surface area (Å²) in [6, 6.07) is 12.4. The quantitative estimate of drug-likeness (QED) is 0.183. The fourth-order valence-electron chi connectivity index (χ4n) is 3.87. The first-order valence-electron chi connectivity index (χ1n) is 15.0. The molecule has 0 fully saturated rings. The second-order valence-corrected chi connectivity index (χ2v) is 14.4. The molecule has 0 spiro atoms. The summed E-state index contributed by atoms with van der Waals surface area (Å²) in [6.45, 7) is 19.0. The van der Waals surface area contributed by atoms with Crippen molar-refractivity contribution in [3.05, 3.63) is 54.0 Å². The highest BCUT2D eigenvalue weighted by Gasteiger charge is 2.27. The van der Waals surface area contributed by atoms with Gasteiger partial charge in [0.2, 0.25) is 0 Å². The molecule has 0 radical (unpaired) electrons. The third-order valence-corrected chi connectivity index (χ3v) is 6.09. The lowest BCUT2D eigenvalue weighted by Crippen LogP contribution is -2.50. The number of aromatic nitrogens is 2. The van der Waals surface area contributed by atoms with Crippen LogP contribution in [0, 0.1) is 22.6 Å². The normalized spacial score (nSPS) is 11.9. The summed E-state index contributed by atoms with van der Waals surface area (Å²) in [5.41, 5.74) is 5.11. The smallest absolute Gasteiger partial charge is 0.408 e. The SMILES string of the molecule is CC(C)(CN)NC(=O)OC(C)(C)C.CC(C)(CNc1nc(Nc2ccc3ncccc3c2)c(C#N)cc1F)CC(=O)OC(C)(C)C. The number of esters is 1. The molecule has 0 bridgehead atoms. The van der Waals surface area contributed by atoms with Crippen LogP contribution in [-0.4, -0.2) is 51.9 Å². The molecule has 3 rings (SSSR count). The predicted molar refractivity (Wildman–Crippen MR) is 179 cm³/mol. The van der Waals surface area contributed by atoms with Gasteiger partial charge in [-0.25, -0.2) is 14.2 Å². The van der Waals surface area contributed by atoms with Crippen LogP contribution >= 0.6 is 0 Å². The fourth-order valence-corrected chi connectivity index (χ4v) is 3.87. The third kappa shape index (κ3) is 13.2. The highest BCUT2D eigenvalue weighted by atomic mass is 19.1. The van der Waals surface area contributed by atoms with E-state index in [-0.39, 0.29) is 36.1 Å². The molecular formula is C34H48FN7O4. The van der Waals surface area contributed by atoms with Crippen LogP contribution in [0.25, 0.3) is 10.9 Å². The number of hydrogen-bond acceptors (Lipinski definition) is 10. The van der Waals surface area contributed by atoms with E-state index in [1.54, 1.807) is 6.20 Å². The van der Waals surface area contributed by atoms with E-state index in [0.717, 1.165) is 17.0 Å². The van der Waals surface area contributed by atoms with Gasteiger partial charge in [-0.1, -0.05) is 19.9 Å². The fraction of sp³-hybridized carbons (Fsp3) is 0.500. The Morgan fingerprint density at radius 2 is 1.61 bits per heavy atom. The maximum Gasteiger partial charge on any atom is 0.408 e. The molecule has 0 saturated heterocycles. The second-order valence-electron chi connectivity index (χ2n) is 14.4. The lowest BCUT2D eigenvalue weighted by atomic mass is 9.89. The standard InChI is InChI=1S/C25H28FN5O2.C9H20N2O2/c1-24(2,3)33-21(32)13-25(4,5)15-29-23-19(26)12-17(14-27)22(31-23)30-18-8-9-20-16(11-18)7-6-10-28-20;1-8(2,3)13-7(12)11-9(4,5)6-10/h6-12H,13,15H2,1-5H3,(H2,29,30,31);6,10H2,1-5H3,(H,11,12). The van der Waals surface area contributed by atoms with E-state index in [1.807, 2.05) is 106 Å². The lowest BCUT2D eigenvalue weighted by Gasteiger charge is -2.27. The number of fused-ring (bicyclic) bond motifs is 1. The number of pyridine rings is 2. The van der Waals surface area contributed by atoms with Crippen molar-refractivity contribution in [1.29, 1.82) is 5.26 Å². The third-order valence-electron chi connectivity index (χ3n) is 6.09. The first-order chi connectivity index (χ1) is 21.1. The Kier molecular flexibility index (Phi) is 12.4. The zero-order valence-corrected chi connectivity index (χ0v) is 28.6. The van der Waals surface area contributed by atoms with Crippen molar-refractivity contribution in [1.82, 2.24) is 15.3 Å². The molecule has 0 aliphatic heterocycles. The molecule has 3 aromatic rings. The van der Waals surface area contributed by atoms with Crippen molar-refractivity contribution < 1.29 is 23.5 Å². The summed E-state index contributed by atoms with van der Waals surface area (Å²) in [4.78, 5) is 32.0. The topological polar surface area (TPSA) is 164 Å². The first-order valence-corrected chi connectivity index (χ1v) is 15.0. The van der Waals surface area contributed by atoms with Gasteiger partial charge in [-0.2, -0.15) is 5.26 Å². The van der Waals surface area contributed by atoms with E-state index in [9.17, 15) is 19.2 Å². The van der Waals surface area contributed by atoms with Gasteiger partial charge in [0.1, 0.15) is 17.3 Å². The summed E-state index contributed by atoms with van der Waals surface area (Å²) in [6.07, 6.45) is 1.45. The average molecular weight is 638 g/mol. The number of nitrogens with one attached hydrogen (secondary N) is 3. The van der Waals surface area contributed by atoms with Crippen molar-refractivity contribution in [3.63, 3.8) is 0 Å². The monoisotopic (exact) mass is 637 g/mol. The van der Waals surface area contributed by atoms with Crippen LogP contribution in [0.1, 0.15) is 81.2 Å². The number of hydrogen-bond donors (Lipinski definition) is 4. The number of carbonyl (C=O) groups excluding carboxylic acids is 2. The van der Waals surface area contributed by atoms with Gasteiger partial charge in [0.15, 0.2) is 17.5 Å². The van der Waals surface area contributed by atoms with Crippen LogP contribution < -0.4 is 21.7 Å². The zero-order valence-electron chi connectivity index (χ0n) is 28.6. The molecule has 0 aliphatic rings. The molecule has 1 amide bonds. The van der Waals surface area contributed by atoms with Crippen molar-refractivity contribution >= 4 is 40.3 Å². The van der Waals surface area contributed by atoms with Crippen LogP contribution in [0.15, 0.2) is 42.6 Å². The van der Waals surface area contributed by atoms with Crippen LogP contribution in [0.2, 0.25) is 0 Å². The minimum atomic E-state index is -0.645. The summed E-state index contributed by atoms with van der Waals surface area (Å²) >= 11 is 0. The number of ether oxygens (including phenoxy) is 2. The highest BCUT2D eigenvalue weighted by Crippen LogP contribution is 2.28. The van der Waals surface area contributed by atoms with Crippen molar-refractivity contribution in [2.45, 2.75) is 92.4 Å². The van der Waals surface area contributed by atoms with Gasteiger partial charge >= 0.3 is 12.1 Å². The number of anilines is 3. The molecule has 1 aromatic carbocycles. The second kappa shape index (κ2) is 15.2. The molecule has 0 aliphatic carbocycles. The molecule has 0 saturated carbocycles. The number of nitrogens with zero attached hydrogens (tertiary/aromatic N) is 3. The Labute approximate surface area is 271 Å². The van der Waals surface area contributed by atoms with Crippen LogP contribution in [-0.2, 0) is 14.3 Å². The number of halogens is 1. The molecule has 46 heavy (non-hydrogen) atoms. The van der Waals surface area contributed by atoms with E-state index < -0.39 is 34.1 Å². The van der Waals surface area contributed by atoms with Gasteiger partial charge in [0, 0.05) is 35.9 Å². The molecule has 2 aromatic heterocycles. The number of nitrogens with two attached hydrogens (primary N) is 1. The van der Waals surface area contributed by atoms with E-state index >= 15 is 0 Å². The van der Waals surface area contributed by atoms with E-state index in [4.69, 9.17) is 15.2 Å². The maximum atomic E-state index is 14.6. The molecule has 250 valence electrons. The van der Waals surface area contributed by atoms with Crippen molar-refractivity contribution in [2.24, 2.45) is 11.1 Å². The molecule has 0 unspecified atom stereocenters. The molecule has 5 N–H and O–H groups in total. The Morgan fingerprint density at radius 3 is 2.20 bits per heavy atom. The Bertz CT molecular complexity index is 1550. The Morgan fingerprint density at radius 1 is 0.957 bits per heavy atom. The molecule has 2 heterocycles. The van der Waals surface area contributed by atoms with E-state index in [1.165, 1.54) is 0 Å². The molecule has 11 nitrogen and oxygen atoms in total. The van der Waals surface area contributed by atoms with Gasteiger partial charge in [-0.05, 0) is 91.1 Å². The van der Waals surface area contributed by atoms with Crippen LogP contribution in [0.3, 0.4) is 0 Å². The van der Waals surface area contributed by atoms with Gasteiger partial charge < -0.3 is 31.2 Å². The average Bonchev–Trinajstić information content (AvgIpc) is 2.90. The predicted octanol–water partition coefficient (Wildman–Crippen LogP) is 6.80. The van der Waals surface area contributed by atoms with Gasteiger partial charge in [-0.15, -0.1) is 0 Å². The summed E-state index contributed by atoms with van der Waals surface area (Å²) in [5.74, 6) is -0.741. The van der Waals surface area contributed by atoms with Crippen LogP contribution in [0.4, 0.5) is 26.5 Å². The van der Waals surface area contributed by atoms with Gasteiger partial charge in [0.05, 0.1) is 17.5 Å². The molecular weight excluding hydrogens is 589 g/mol. The number of amides is 1. The number of nitriles is 1. The van der Waals surface area contributed by atoms with Crippen molar-refractivity contribution in [3.8, 4) is 6.07 Å². The maximum absolute atomic E-state index is 14.6. The number of alkyl carbamates (subject to hydrolysis) is 1. The minimum absolute atomic E-state index is 0.00350. The van der Waals surface area contributed by atoms with E-state index in [2.05, 4.69) is 25.9 Å². The lowest BCUT2D eigenvalue weighted by molar-refractivity contribution is -0.157. The summed E-state index contributed by atoms with van der Waals surface area (Å²) in [5, 5.41) is 19.1. The van der Waals surface area contributed by atoms with Crippen molar-refractivity contribution in [2.75, 3.05) is 23.7 Å². The van der Waals surface area contributed by atoms with E-state index in [0.29, 0.717) is 12.2 Å². The number of rotatable bonds is 9. The van der Waals surface area contributed by atoms with Gasteiger partial charge in [-0.3, -0.25) is 9.78 Å². The Balaban J connectivity index is 0.000000479. The largest absolute Gasteiger partial charge is 0.460 e. The summed E-state index contributed by atoms with van der Waals surface area (Å²) < 4.78 is 25.1. The Hall–Kier alpha value is -4.50. The number of carbonyl (C=O) groups is 2. The first kappa shape index (κ1) is 37.7. The zero-order chi connectivity index (χ0) is 34.9. The number of benzene rings is 1. The highest BCUT2D eigenvalue weighted by molar-refractivity contribution is 5.83. The summed E-state index contributed by atoms with van der Waals surface area (Å²) in [7, 11) is 0. The molecule has 0 atom stereocenters. The minimum Gasteiger partial charge on any atom is -0.460 e. The van der Waals surface area contributed by atoms with Gasteiger partial charge in [0.25, 0.3) is 0 Å². The van der Waals surface area contributed by atoms with Crippen LogP contribution in [0.5, 0.6) is 0 Å². The molecule has 12 heteroatoms.